The molecule has 144 valence electrons. The number of aromatic nitrogens is 2. The van der Waals surface area contributed by atoms with Gasteiger partial charge in [-0.2, -0.15) is 9.97 Å². The number of carbonyl (C=O) groups is 1. The molecule has 1 heterocycles. The number of nitro groups is 1. The largest absolute Gasteiger partial charge is 0.465 e. The number of methoxy groups -OCH3 is 1. The number of nitrogens with two attached hydrogens (primary N) is 2. The van der Waals surface area contributed by atoms with E-state index in [0.717, 1.165) is 5.56 Å². The molecule has 27 heavy (non-hydrogen) atoms. The highest BCUT2D eigenvalue weighted by Crippen LogP contribution is 2.32. The standard InChI is InChI=1S/C17H22N6O4/c1-20-15-13(14(18)21-17(19)22-15)12(9-23(25)26)8-5-10-3-6-11(7-4-10)16(24)27-2/h3-4,6-7,12H,5,8-9H2,1-2H3,(H5,18,19,20,21,22). The van der Waals surface area contributed by atoms with Gasteiger partial charge in [-0.3, -0.25) is 10.1 Å². The summed E-state index contributed by atoms with van der Waals surface area (Å²) in [5, 5.41) is 14.0. The number of nitrogens with zero attached hydrogens (tertiary/aromatic N) is 3. The van der Waals surface area contributed by atoms with Crippen LogP contribution in [0.4, 0.5) is 17.6 Å². The van der Waals surface area contributed by atoms with Gasteiger partial charge in [0.05, 0.1) is 18.6 Å². The van der Waals surface area contributed by atoms with Crippen molar-refractivity contribution in [3.05, 3.63) is 51.1 Å². The first-order chi connectivity index (χ1) is 12.8. The van der Waals surface area contributed by atoms with Crippen molar-refractivity contribution in [2.75, 3.05) is 37.5 Å². The number of hydrogen-bond donors (Lipinski definition) is 3. The third-order valence-corrected chi connectivity index (χ3v) is 4.16. The monoisotopic (exact) mass is 374 g/mol. The maximum absolute atomic E-state index is 11.5. The summed E-state index contributed by atoms with van der Waals surface area (Å²) < 4.78 is 4.67. The van der Waals surface area contributed by atoms with Crippen molar-refractivity contribution in [3.8, 4) is 0 Å². The van der Waals surface area contributed by atoms with Gasteiger partial charge in [0, 0.05) is 17.5 Å². The number of nitrogen functional groups attached to an aromatic ring is 2. The van der Waals surface area contributed by atoms with E-state index in [4.69, 9.17) is 11.5 Å². The molecule has 10 nitrogen and oxygen atoms in total. The Morgan fingerprint density at radius 2 is 1.96 bits per heavy atom. The normalized spacial score (nSPS) is 11.6. The Morgan fingerprint density at radius 3 is 2.52 bits per heavy atom. The van der Waals surface area contributed by atoms with Crippen LogP contribution in [-0.4, -0.2) is 41.6 Å². The molecule has 0 aliphatic carbocycles. The first-order valence-corrected chi connectivity index (χ1v) is 8.25. The molecule has 0 fully saturated rings. The molecule has 1 aromatic carbocycles. The maximum atomic E-state index is 11.5. The second kappa shape index (κ2) is 8.79. The van der Waals surface area contributed by atoms with Crippen molar-refractivity contribution >= 4 is 23.6 Å². The summed E-state index contributed by atoms with van der Waals surface area (Å²) in [6, 6.07) is 6.89. The molecule has 1 atom stereocenters. The summed E-state index contributed by atoms with van der Waals surface area (Å²) in [5.41, 5.74) is 13.4. The Labute approximate surface area is 156 Å². The molecular formula is C17H22N6O4. The van der Waals surface area contributed by atoms with Gasteiger partial charge in [-0.25, -0.2) is 4.79 Å². The lowest BCUT2D eigenvalue weighted by molar-refractivity contribution is -0.483. The summed E-state index contributed by atoms with van der Waals surface area (Å²) >= 11 is 0. The molecule has 0 radical (unpaired) electrons. The number of anilines is 3. The summed E-state index contributed by atoms with van der Waals surface area (Å²) in [4.78, 5) is 30.3. The molecule has 0 amide bonds. The second-order valence-corrected chi connectivity index (χ2v) is 5.92. The number of rotatable bonds is 8. The van der Waals surface area contributed by atoms with Crippen LogP contribution in [0.25, 0.3) is 0 Å². The second-order valence-electron chi connectivity index (χ2n) is 5.92. The number of esters is 1. The van der Waals surface area contributed by atoms with Crippen LogP contribution in [-0.2, 0) is 11.2 Å². The molecule has 10 heteroatoms. The third kappa shape index (κ3) is 5.03. The van der Waals surface area contributed by atoms with Crippen LogP contribution in [0.3, 0.4) is 0 Å². The van der Waals surface area contributed by atoms with Crippen LogP contribution >= 0.6 is 0 Å². The van der Waals surface area contributed by atoms with Crippen LogP contribution < -0.4 is 16.8 Å². The third-order valence-electron chi connectivity index (χ3n) is 4.16. The van der Waals surface area contributed by atoms with E-state index in [9.17, 15) is 14.9 Å². The van der Waals surface area contributed by atoms with Crippen molar-refractivity contribution in [2.45, 2.75) is 18.8 Å². The number of benzene rings is 1. The first kappa shape index (κ1) is 19.9. The lowest BCUT2D eigenvalue weighted by atomic mass is 9.92. The Morgan fingerprint density at radius 1 is 1.30 bits per heavy atom. The molecule has 2 aromatic rings. The minimum Gasteiger partial charge on any atom is -0.465 e. The summed E-state index contributed by atoms with van der Waals surface area (Å²) in [6.07, 6.45) is 0.998. The van der Waals surface area contributed by atoms with Crippen LogP contribution in [0.2, 0.25) is 0 Å². The molecule has 0 saturated heterocycles. The molecule has 1 aromatic heterocycles. The smallest absolute Gasteiger partial charge is 0.337 e. The van der Waals surface area contributed by atoms with Gasteiger partial charge in [0.1, 0.15) is 11.6 Å². The zero-order valence-corrected chi connectivity index (χ0v) is 15.1. The van der Waals surface area contributed by atoms with E-state index < -0.39 is 11.9 Å². The fraction of sp³-hybridized carbons (Fsp3) is 0.353. The highest BCUT2D eigenvalue weighted by Gasteiger charge is 2.25. The average Bonchev–Trinajstić information content (AvgIpc) is 2.64. The topological polar surface area (TPSA) is 159 Å². The van der Waals surface area contributed by atoms with E-state index in [-0.39, 0.29) is 23.2 Å². The van der Waals surface area contributed by atoms with E-state index >= 15 is 0 Å². The number of carbonyl (C=O) groups excluding carboxylic acids is 1. The van der Waals surface area contributed by atoms with Gasteiger partial charge in [0.2, 0.25) is 12.5 Å². The zero-order valence-electron chi connectivity index (χ0n) is 15.1. The lowest BCUT2D eigenvalue weighted by Gasteiger charge is -2.18. The van der Waals surface area contributed by atoms with Gasteiger partial charge in [0.25, 0.3) is 0 Å². The number of aryl methyl sites for hydroxylation is 1. The predicted octanol–water partition coefficient (Wildman–Crippen LogP) is 1.46. The summed E-state index contributed by atoms with van der Waals surface area (Å²) in [5.74, 6) is -0.409. The molecule has 0 bridgehead atoms. The highest BCUT2D eigenvalue weighted by atomic mass is 16.6. The maximum Gasteiger partial charge on any atom is 0.337 e. The number of nitrogens with one attached hydrogen (secondary N) is 1. The summed E-state index contributed by atoms with van der Waals surface area (Å²) in [6.45, 7) is -0.313. The molecule has 0 aliphatic heterocycles. The molecular weight excluding hydrogens is 352 g/mol. The van der Waals surface area contributed by atoms with Gasteiger partial charge in [0.15, 0.2) is 0 Å². The number of hydrogen-bond acceptors (Lipinski definition) is 9. The van der Waals surface area contributed by atoms with Crippen molar-refractivity contribution < 1.29 is 14.5 Å². The molecule has 0 spiro atoms. The van der Waals surface area contributed by atoms with Crippen LogP contribution in [0.15, 0.2) is 24.3 Å². The van der Waals surface area contributed by atoms with Crippen molar-refractivity contribution in [2.24, 2.45) is 0 Å². The van der Waals surface area contributed by atoms with Crippen LogP contribution in [0.1, 0.15) is 33.8 Å². The predicted molar refractivity (Wildman–Crippen MR) is 101 cm³/mol. The van der Waals surface area contributed by atoms with E-state index in [2.05, 4.69) is 20.0 Å². The Bertz CT molecular complexity index is 825. The quantitative estimate of drug-likeness (QED) is 0.353. The van der Waals surface area contributed by atoms with E-state index in [1.807, 2.05) is 0 Å². The van der Waals surface area contributed by atoms with Crippen molar-refractivity contribution in [3.63, 3.8) is 0 Å². The fourth-order valence-electron chi connectivity index (χ4n) is 2.87. The van der Waals surface area contributed by atoms with E-state index in [1.54, 1.807) is 31.3 Å². The Hall–Kier alpha value is -3.43. The van der Waals surface area contributed by atoms with Crippen molar-refractivity contribution in [1.82, 2.24) is 9.97 Å². The Balaban J connectivity index is 2.23. The molecule has 0 aliphatic rings. The molecule has 1 unspecified atom stereocenters. The minimum absolute atomic E-state index is 0.00106. The van der Waals surface area contributed by atoms with Gasteiger partial charge in [-0.15, -0.1) is 0 Å². The Kier molecular flexibility index (Phi) is 6.47. The van der Waals surface area contributed by atoms with E-state index in [1.165, 1.54) is 7.11 Å². The van der Waals surface area contributed by atoms with E-state index in [0.29, 0.717) is 29.8 Å². The highest BCUT2D eigenvalue weighted by molar-refractivity contribution is 5.89. The van der Waals surface area contributed by atoms with Crippen LogP contribution in [0, 0.1) is 10.1 Å². The SMILES string of the molecule is CNc1nc(N)nc(N)c1C(CCc1ccc(C(=O)OC)cc1)C[N+](=O)[O-]. The minimum atomic E-state index is -0.497. The fourth-order valence-corrected chi connectivity index (χ4v) is 2.87. The van der Waals surface area contributed by atoms with Gasteiger partial charge < -0.3 is 21.5 Å². The summed E-state index contributed by atoms with van der Waals surface area (Å²) in [7, 11) is 2.95. The average molecular weight is 374 g/mol. The van der Waals surface area contributed by atoms with Gasteiger partial charge in [-0.1, -0.05) is 12.1 Å². The molecule has 2 rings (SSSR count). The molecule has 5 N–H and O–H groups in total. The van der Waals surface area contributed by atoms with Crippen LogP contribution in [0.5, 0.6) is 0 Å². The zero-order chi connectivity index (χ0) is 20.0. The lowest BCUT2D eigenvalue weighted by Crippen LogP contribution is -2.19. The van der Waals surface area contributed by atoms with Gasteiger partial charge in [-0.05, 0) is 30.5 Å². The molecule has 0 saturated carbocycles. The first-order valence-electron chi connectivity index (χ1n) is 8.25. The van der Waals surface area contributed by atoms with Crippen molar-refractivity contribution in [1.29, 1.82) is 0 Å². The number of ether oxygens (including phenoxy) is 1. The van der Waals surface area contributed by atoms with Gasteiger partial charge >= 0.3 is 5.97 Å².